The molecular formula is C27H34N4O. The van der Waals surface area contributed by atoms with Gasteiger partial charge in [0.1, 0.15) is 12.0 Å². The first-order valence-corrected chi connectivity index (χ1v) is 12.4. The quantitative estimate of drug-likeness (QED) is 0.769. The van der Waals surface area contributed by atoms with Crippen molar-refractivity contribution >= 4 is 5.91 Å². The first kappa shape index (κ1) is 20.3. The summed E-state index contributed by atoms with van der Waals surface area (Å²) >= 11 is 0. The van der Waals surface area contributed by atoms with E-state index in [0.29, 0.717) is 11.1 Å². The molecule has 7 rings (SSSR count). The number of carbonyl (C=O) groups excluding carboxylic acids is 1. The van der Waals surface area contributed by atoms with Crippen molar-refractivity contribution < 1.29 is 4.79 Å². The molecule has 5 nitrogen and oxygen atoms in total. The highest BCUT2D eigenvalue weighted by Crippen LogP contribution is 2.59. The number of benzene rings is 1. The van der Waals surface area contributed by atoms with Gasteiger partial charge in [-0.2, -0.15) is 0 Å². The molecule has 4 fully saturated rings. The van der Waals surface area contributed by atoms with Crippen LogP contribution in [-0.4, -0.2) is 33.9 Å². The van der Waals surface area contributed by atoms with E-state index in [1.54, 1.807) is 6.33 Å². The lowest BCUT2D eigenvalue weighted by atomic mass is 9.49. The molecule has 0 radical (unpaired) electrons. The minimum Gasteiger partial charge on any atom is -0.350 e. The average Bonchev–Trinajstić information content (AvgIpc) is 2.78. The number of hydrogen-bond acceptors (Lipinski definition) is 4. The van der Waals surface area contributed by atoms with E-state index in [4.69, 9.17) is 0 Å². The number of carbonyl (C=O) groups is 1. The molecule has 5 heteroatoms. The van der Waals surface area contributed by atoms with Gasteiger partial charge < -0.3 is 5.32 Å². The third-order valence-electron chi connectivity index (χ3n) is 8.75. The van der Waals surface area contributed by atoms with Gasteiger partial charge in [0.25, 0.3) is 5.91 Å². The molecule has 4 bridgehead atoms. The summed E-state index contributed by atoms with van der Waals surface area (Å²) in [4.78, 5) is 24.6. The lowest BCUT2D eigenvalue weighted by molar-refractivity contribution is -0.0503. The summed E-state index contributed by atoms with van der Waals surface area (Å²) < 4.78 is 0. The molecule has 4 aliphatic carbocycles. The molecule has 2 aromatic rings. The number of aromatic nitrogens is 2. The Balaban J connectivity index is 1.13. The first-order valence-electron chi connectivity index (χ1n) is 12.4. The van der Waals surface area contributed by atoms with E-state index in [1.807, 2.05) is 0 Å². The average molecular weight is 431 g/mol. The number of rotatable bonds is 5. The molecule has 1 amide bonds. The first-order chi connectivity index (χ1) is 15.6. The molecule has 32 heavy (non-hydrogen) atoms. The maximum atomic E-state index is 13.2. The summed E-state index contributed by atoms with van der Waals surface area (Å²) in [6.45, 7) is 5.63. The summed E-state index contributed by atoms with van der Waals surface area (Å²) in [7, 11) is 0. The zero-order valence-electron chi connectivity index (χ0n) is 19.1. The second kappa shape index (κ2) is 7.95. The van der Waals surface area contributed by atoms with E-state index in [0.717, 1.165) is 61.6 Å². The predicted octanol–water partition coefficient (Wildman–Crippen LogP) is 4.29. The third kappa shape index (κ3) is 3.75. The van der Waals surface area contributed by atoms with Crippen LogP contribution in [0.4, 0.5) is 0 Å². The fraction of sp³-hybridized carbons (Fsp3) is 0.593. The van der Waals surface area contributed by atoms with Crippen molar-refractivity contribution in [2.24, 2.45) is 23.2 Å². The number of hydrogen-bond donors (Lipinski definition) is 1. The van der Waals surface area contributed by atoms with Crippen LogP contribution in [0.3, 0.4) is 0 Å². The second-order valence-electron chi connectivity index (χ2n) is 11.1. The van der Waals surface area contributed by atoms with Crippen LogP contribution in [0.2, 0.25) is 0 Å². The Morgan fingerprint density at radius 1 is 1.09 bits per heavy atom. The van der Waals surface area contributed by atoms with Crippen LogP contribution in [0.15, 0.2) is 30.6 Å². The van der Waals surface area contributed by atoms with Gasteiger partial charge in [-0.3, -0.25) is 9.69 Å². The van der Waals surface area contributed by atoms with Crippen LogP contribution in [0, 0.1) is 30.1 Å². The van der Waals surface area contributed by atoms with Crippen molar-refractivity contribution in [3.05, 3.63) is 58.7 Å². The van der Waals surface area contributed by atoms with Gasteiger partial charge in [-0.15, -0.1) is 0 Å². The van der Waals surface area contributed by atoms with Crippen molar-refractivity contribution in [3.8, 4) is 0 Å². The van der Waals surface area contributed by atoms with Crippen LogP contribution in [0.1, 0.15) is 71.4 Å². The Labute approximate surface area is 191 Å². The fourth-order valence-electron chi connectivity index (χ4n) is 7.63. The number of aryl methyl sites for hydroxylation is 1. The molecule has 1 aromatic carbocycles. The molecule has 0 saturated heterocycles. The molecule has 2 heterocycles. The molecule has 4 saturated carbocycles. The van der Waals surface area contributed by atoms with E-state index in [9.17, 15) is 4.79 Å². The molecule has 1 aromatic heterocycles. The molecule has 5 aliphatic rings. The van der Waals surface area contributed by atoms with Gasteiger partial charge in [0, 0.05) is 31.7 Å². The summed E-state index contributed by atoms with van der Waals surface area (Å²) in [5.74, 6) is 2.73. The van der Waals surface area contributed by atoms with Gasteiger partial charge in [-0.25, -0.2) is 9.97 Å². The van der Waals surface area contributed by atoms with Gasteiger partial charge in [0.15, 0.2) is 0 Å². The maximum absolute atomic E-state index is 13.2. The maximum Gasteiger partial charge on any atom is 0.270 e. The van der Waals surface area contributed by atoms with E-state index in [-0.39, 0.29) is 5.91 Å². The van der Waals surface area contributed by atoms with Crippen LogP contribution < -0.4 is 5.32 Å². The van der Waals surface area contributed by atoms with Crippen molar-refractivity contribution in [3.63, 3.8) is 0 Å². The minimum absolute atomic E-state index is 0.00625. The molecule has 1 N–H and O–H groups in total. The van der Waals surface area contributed by atoms with Gasteiger partial charge >= 0.3 is 0 Å². The van der Waals surface area contributed by atoms with Gasteiger partial charge in [-0.05, 0) is 86.2 Å². The van der Waals surface area contributed by atoms with Crippen LogP contribution in [0.5, 0.6) is 0 Å². The Bertz CT molecular complexity index is 997. The Hall–Kier alpha value is -2.27. The van der Waals surface area contributed by atoms with E-state index >= 15 is 0 Å². The minimum atomic E-state index is 0.00625. The van der Waals surface area contributed by atoms with Crippen LogP contribution in [-0.2, 0) is 19.5 Å². The van der Waals surface area contributed by atoms with Crippen LogP contribution >= 0.6 is 0 Å². The van der Waals surface area contributed by atoms with Gasteiger partial charge in [0.05, 0.1) is 5.69 Å². The Kier molecular flexibility index (Phi) is 5.05. The number of amides is 1. The highest BCUT2D eigenvalue weighted by atomic mass is 16.1. The summed E-state index contributed by atoms with van der Waals surface area (Å²) in [6.07, 6.45) is 10.7. The highest BCUT2D eigenvalue weighted by Gasteiger charge is 2.50. The zero-order valence-corrected chi connectivity index (χ0v) is 19.1. The smallest absolute Gasteiger partial charge is 0.270 e. The second-order valence-corrected chi connectivity index (χ2v) is 11.1. The zero-order chi connectivity index (χ0) is 21.7. The van der Waals surface area contributed by atoms with Gasteiger partial charge in [-0.1, -0.05) is 24.3 Å². The Morgan fingerprint density at radius 3 is 2.53 bits per heavy atom. The lowest BCUT2D eigenvalue weighted by Crippen LogP contribution is -2.51. The summed E-state index contributed by atoms with van der Waals surface area (Å²) in [5, 5.41) is 3.32. The van der Waals surface area contributed by atoms with E-state index < -0.39 is 0 Å². The van der Waals surface area contributed by atoms with Crippen LogP contribution in [0.25, 0.3) is 0 Å². The molecule has 0 atom stereocenters. The normalized spacial score (nSPS) is 30.8. The van der Waals surface area contributed by atoms with Crippen molar-refractivity contribution in [2.75, 3.05) is 13.1 Å². The third-order valence-corrected chi connectivity index (χ3v) is 8.75. The predicted molar refractivity (Wildman–Crippen MR) is 124 cm³/mol. The molecular weight excluding hydrogens is 396 g/mol. The van der Waals surface area contributed by atoms with Crippen molar-refractivity contribution in [1.82, 2.24) is 20.2 Å². The molecule has 168 valence electrons. The molecule has 0 spiro atoms. The number of nitrogens with one attached hydrogen (secondary N) is 1. The molecule has 0 unspecified atom stereocenters. The molecule has 1 aliphatic heterocycles. The van der Waals surface area contributed by atoms with E-state index in [2.05, 4.69) is 51.4 Å². The van der Waals surface area contributed by atoms with Crippen molar-refractivity contribution in [1.29, 1.82) is 0 Å². The lowest BCUT2D eigenvalue weighted by Gasteiger charge is -2.56. The van der Waals surface area contributed by atoms with Crippen molar-refractivity contribution in [2.45, 2.75) is 65.0 Å². The standard InChI is InChI=1S/C27H34N4O/c1-18-4-2-3-5-22(18)14-31-7-6-23-24(15-31)29-17-30-25(23)26(32)28-16-27-11-19-8-20(12-27)10-21(9-19)13-27/h2-5,17,19-21H,6-16H2,1H3,(H,28,32). The topological polar surface area (TPSA) is 58.1 Å². The monoisotopic (exact) mass is 430 g/mol. The summed E-state index contributed by atoms with van der Waals surface area (Å²) in [6, 6.07) is 8.57. The van der Waals surface area contributed by atoms with E-state index in [1.165, 1.54) is 49.7 Å². The van der Waals surface area contributed by atoms with Gasteiger partial charge in [0.2, 0.25) is 0 Å². The number of nitrogens with zero attached hydrogens (tertiary/aromatic N) is 3. The fourth-order valence-corrected chi connectivity index (χ4v) is 7.63. The summed E-state index contributed by atoms with van der Waals surface area (Å²) in [5.41, 5.74) is 5.71. The SMILES string of the molecule is Cc1ccccc1CN1CCc2c(ncnc2C(=O)NCC23CC4CC(CC(C4)C2)C3)C1. The largest absolute Gasteiger partial charge is 0.350 e. The number of fused-ring (bicyclic) bond motifs is 1. The highest BCUT2D eigenvalue weighted by molar-refractivity contribution is 5.94. The Morgan fingerprint density at radius 2 is 1.81 bits per heavy atom.